The fourth-order valence-corrected chi connectivity index (χ4v) is 2.19. The molecule has 0 aromatic heterocycles. The first-order chi connectivity index (χ1) is 8.58. The number of hydrogen-bond donors (Lipinski definition) is 2. The lowest BCUT2D eigenvalue weighted by atomic mass is 10.0. The van der Waals surface area contributed by atoms with Crippen LogP contribution < -0.4 is 16.0 Å². The van der Waals surface area contributed by atoms with Crippen molar-refractivity contribution in [2.24, 2.45) is 5.84 Å². The van der Waals surface area contributed by atoms with Crippen LogP contribution in [-0.4, -0.2) is 13.0 Å². The zero-order valence-corrected chi connectivity index (χ0v) is 11.4. The molecule has 0 heterocycles. The van der Waals surface area contributed by atoms with Gasteiger partial charge in [-0.1, -0.05) is 12.1 Å². The Morgan fingerprint density at radius 3 is 2.39 bits per heavy atom. The molecule has 100 valence electrons. The van der Waals surface area contributed by atoms with Gasteiger partial charge in [-0.2, -0.15) is 0 Å². The molecule has 1 amide bonds. The molecular weight excluding hydrogens is 228 g/mol. The summed E-state index contributed by atoms with van der Waals surface area (Å²) in [5, 5.41) is 0. The Kier molecular flexibility index (Phi) is 5.65. The topological polar surface area (TPSA) is 64.3 Å². The Bertz CT molecular complexity index is 393. The molecule has 0 atom stereocenters. The van der Waals surface area contributed by atoms with Crippen LogP contribution in [0.5, 0.6) is 5.75 Å². The highest BCUT2D eigenvalue weighted by Gasteiger charge is 2.05. The Morgan fingerprint density at radius 1 is 1.28 bits per heavy atom. The highest BCUT2D eigenvalue weighted by molar-refractivity contribution is 5.75. The van der Waals surface area contributed by atoms with Gasteiger partial charge in [-0.15, -0.1) is 0 Å². The zero-order chi connectivity index (χ0) is 13.5. The highest BCUT2D eigenvalue weighted by atomic mass is 16.5. The fourth-order valence-electron chi connectivity index (χ4n) is 2.19. The molecule has 4 nitrogen and oxygen atoms in total. The molecule has 0 radical (unpaired) electrons. The van der Waals surface area contributed by atoms with Gasteiger partial charge in [-0.25, -0.2) is 5.84 Å². The summed E-state index contributed by atoms with van der Waals surface area (Å²) in [7, 11) is 1.69. The summed E-state index contributed by atoms with van der Waals surface area (Å²) >= 11 is 0. The number of hydrogen-bond acceptors (Lipinski definition) is 3. The summed E-state index contributed by atoms with van der Waals surface area (Å²) < 4.78 is 5.34. The minimum Gasteiger partial charge on any atom is -0.496 e. The van der Waals surface area contributed by atoms with E-state index in [0.29, 0.717) is 6.42 Å². The second-order valence-electron chi connectivity index (χ2n) is 4.54. The second kappa shape index (κ2) is 7.01. The Balaban J connectivity index is 2.51. The molecule has 1 aromatic carbocycles. The summed E-state index contributed by atoms with van der Waals surface area (Å²) in [6, 6.07) is 4.30. The van der Waals surface area contributed by atoms with Crippen molar-refractivity contribution in [1.82, 2.24) is 5.43 Å². The van der Waals surface area contributed by atoms with E-state index in [2.05, 4.69) is 31.4 Å². The van der Waals surface area contributed by atoms with Gasteiger partial charge in [0.15, 0.2) is 0 Å². The number of hydrazine groups is 1. The Hall–Kier alpha value is -1.55. The lowest BCUT2D eigenvalue weighted by molar-refractivity contribution is -0.121. The number of aryl methyl sites for hydroxylation is 3. The van der Waals surface area contributed by atoms with Crippen molar-refractivity contribution in [3.8, 4) is 5.75 Å². The number of methoxy groups -OCH3 is 1. The molecule has 0 fully saturated rings. The average molecular weight is 250 g/mol. The average Bonchev–Trinajstić information content (AvgIpc) is 2.34. The normalized spacial score (nSPS) is 10.2. The summed E-state index contributed by atoms with van der Waals surface area (Å²) in [5.41, 5.74) is 5.75. The Labute approximate surface area is 108 Å². The third-order valence-electron chi connectivity index (χ3n) is 3.00. The van der Waals surface area contributed by atoms with Gasteiger partial charge in [-0.3, -0.25) is 10.2 Å². The number of amides is 1. The van der Waals surface area contributed by atoms with Crippen molar-refractivity contribution < 1.29 is 9.53 Å². The molecule has 1 rings (SSSR count). The van der Waals surface area contributed by atoms with E-state index in [9.17, 15) is 4.79 Å². The summed E-state index contributed by atoms with van der Waals surface area (Å²) in [5.74, 6) is 5.88. The number of carbonyl (C=O) groups is 1. The van der Waals surface area contributed by atoms with Crippen molar-refractivity contribution >= 4 is 5.91 Å². The van der Waals surface area contributed by atoms with E-state index in [-0.39, 0.29) is 5.91 Å². The van der Waals surface area contributed by atoms with E-state index >= 15 is 0 Å². The molecule has 0 saturated carbocycles. The van der Waals surface area contributed by atoms with E-state index < -0.39 is 0 Å². The predicted molar refractivity (Wildman–Crippen MR) is 72.4 cm³/mol. The van der Waals surface area contributed by atoms with Gasteiger partial charge in [-0.05, 0) is 49.8 Å². The van der Waals surface area contributed by atoms with Crippen molar-refractivity contribution in [3.05, 3.63) is 28.8 Å². The fraction of sp³-hybridized carbons (Fsp3) is 0.500. The SMILES string of the molecule is COc1c(C)cc(CCCCC(=O)NN)cc1C. The molecule has 1 aromatic rings. The van der Waals surface area contributed by atoms with Gasteiger partial charge in [0.2, 0.25) is 5.91 Å². The summed E-state index contributed by atoms with van der Waals surface area (Å²) in [6.07, 6.45) is 3.31. The third kappa shape index (κ3) is 4.04. The van der Waals surface area contributed by atoms with Gasteiger partial charge < -0.3 is 4.74 Å². The quantitative estimate of drug-likeness (QED) is 0.351. The minimum absolute atomic E-state index is 0.0999. The smallest absolute Gasteiger partial charge is 0.233 e. The number of nitrogens with two attached hydrogens (primary N) is 1. The first-order valence-electron chi connectivity index (χ1n) is 6.22. The number of benzene rings is 1. The first kappa shape index (κ1) is 14.5. The number of ether oxygens (including phenoxy) is 1. The van der Waals surface area contributed by atoms with Crippen LogP contribution in [0.4, 0.5) is 0 Å². The van der Waals surface area contributed by atoms with Crippen LogP contribution in [0.25, 0.3) is 0 Å². The lowest BCUT2D eigenvalue weighted by Gasteiger charge is -2.11. The standard InChI is InChI=1S/C14H22N2O2/c1-10-8-12(9-11(2)14(10)18-3)6-4-5-7-13(17)16-15/h8-9H,4-7,15H2,1-3H3,(H,16,17). The number of unbranched alkanes of at least 4 members (excludes halogenated alkanes) is 1. The van der Waals surface area contributed by atoms with Crippen LogP contribution in [-0.2, 0) is 11.2 Å². The number of nitrogens with one attached hydrogen (secondary N) is 1. The van der Waals surface area contributed by atoms with Crippen LogP contribution in [0, 0.1) is 13.8 Å². The molecule has 0 bridgehead atoms. The van der Waals surface area contributed by atoms with Crippen LogP contribution in [0.3, 0.4) is 0 Å². The third-order valence-corrected chi connectivity index (χ3v) is 3.00. The van der Waals surface area contributed by atoms with Crippen LogP contribution in [0.1, 0.15) is 36.0 Å². The lowest BCUT2D eigenvalue weighted by Crippen LogP contribution is -2.29. The van der Waals surface area contributed by atoms with Gasteiger partial charge in [0.1, 0.15) is 5.75 Å². The Morgan fingerprint density at radius 2 is 1.89 bits per heavy atom. The number of carbonyl (C=O) groups excluding carboxylic acids is 1. The molecule has 0 aliphatic rings. The predicted octanol–water partition coefficient (Wildman–Crippen LogP) is 2.01. The molecule has 0 aliphatic carbocycles. The minimum atomic E-state index is -0.0999. The summed E-state index contributed by atoms with van der Waals surface area (Å²) in [6.45, 7) is 4.11. The van der Waals surface area contributed by atoms with Crippen molar-refractivity contribution in [2.45, 2.75) is 39.5 Å². The van der Waals surface area contributed by atoms with Crippen LogP contribution >= 0.6 is 0 Å². The number of rotatable bonds is 6. The van der Waals surface area contributed by atoms with E-state index in [1.165, 1.54) is 5.56 Å². The monoisotopic (exact) mass is 250 g/mol. The highest BCUT2D eigenvalue weighted by Crippen LogP contribution is 2.25. The largest absolute Gasteiger partial charge is 0.496 e. The molecule has 18 heavy (non-hydrogen) atoms. The van der Waals surface area contributed by atoms with E-state index in [1.54, 1.807) is 7.11 Å². The second-order valence-corrected chi connectivity index (χ2v) is 4.54. The van der Waals surface area contributed by atoms with Gasteiger partial charge in [0.25, 0.3) is 0 Å². The molecule has 0 saturated heterocycles. The van der Waals surface area contributed by atoms with Gasteiger partial charge >= 0.3 is 0 Å². The van der Waals surface area contributed by atoms with Crippen molar-refractivity contribution in [2.75, 3.05) is 7.11 Å². The summed E-state index contributed by atoms with van der Waals surface area (Å²) in [4.78, 5) is 11.0. The van der Waals surface area contributed by atoms with Gasteiger partial charge in [0, 0.05) is 6.42 Å². The molecule has 0 unspecified atom stereocenters. The molecular formula is C14H22N2O2. The van der Waals surface area contributed by atoms with Crippen LogP contribution in [0.15, 0.2) is 12.1 Å². The molecule has 4 heteroatoms. The zero-order valence-electron chi connectivity index (χ0n) is 11.4. The van der Waals surface area contributed by atoms with Crippen molar-refractivity contribution in [1.29, 1.82) is 0 Å². The first-order valence-corrected chi connectivity index (χ1v) is 6.22. The van der Waals surface area contributed by atoms with E-state index in [0.717, 1.165) is 36.1 Å². The van der Waals surface area contributed by atoms with Crippen LogP contribution in [0.2, 0.25) is 0 Å². The van der Waals surface area contributed by atoms with Crippen molar-refractivity contribution in [3.63, 3.8) is 0 Å². The molecule has 3 N–H and O–H groups in total. The maximum atomic E-state index is 11.0. The van der Waals surface area contributed by atoms with E-state index in [1.807, 2.05) is 0 Å². The molecule has 0 aliphatic heterocycles. The molecule has 0 spiro atoms. The maximum absolute atomic E-state index is 11.0. The van der Waals surface area contributed by atoms with E-state index in [4.69, 9.17) is 10.6 Å². The van der Waals surface area contributed by atoms with Gasteiger partial charge in [0.05, 0.1) is 7.11 Å². The maximum Gasteiger partial charge on any atom is 0.233 e.